The molecule has 0 aliphatic rings. The first kappa shape index (κ1) is 24.8. The number of ether oxygens (including phenoxy) is 2. The number of alkyl halides is 6. The van der Waals surface area contributed by atoms with Crippen LogP contribution in [0, 0.1) is 0 Å². The van der Waals surface area contributed by atoms with E-state index >= 15 is 0 Å². The van der Waals surface area contributed by atoms with Crippen molar-refractivity contribution in [2.75, 3.05) is 5.75 Å². The van der Waals surface area contributed by atoms with E-state index in [-0.39, 0.29) is 11.9 Å². The van der Waals surface area contributed by atoms with Gasteiger partial charge in [0.25, 0.3) is 10.1 Å². The van der Waals surface area contributed by atoms with Crippen LogP contribution in [0.3, 0.4) is 0 Å². The second kappa shape index (κ2) is 8.22. The van der Waals surface area contributed by atoms with Gasteiger partial charge in [-0.05, 0) is 12.1 Å². The summed E-state index contributed by atoms with van der Waals surface area (Å²) < 4.78 is 118. The van der Waals surface area contributed by atoms with Crippen LogP contribution in [0.2, 0.25) is 0 Å². The molecule has 1 aromatic carbocycles. The van der Waals surface area contributed by atoms with Crippen LogP contribution in [-0.2, 0) is 26.0 Å². The van der Waals surface area contributed by atoms with Gasteiger partial charge >= 0.3 is 29.9 Å². The summed E-state index contributed by atoms with van der Waals surface area (Å²) in [4.78, 5) is 23.2. The second-order valence-corrected chi connectivity index (χ2v) is 7.02. The van der Waals surface area contributed by atoms with Crippen molar-refractivity contribution < 1.29 is 58.4 Å². The van der Waals surface area contributed by atoms with E-state index < -0.39 is 57.1 Å². The van der Waals surface area contributed by atoms with Gasteiger partial charge in [0.05, 0.1) is 7.85 Å². The largest absolute Gasteiger partial charge is 0.438 e. The van der Waals surface area contributed by atoms with Crippen LogP contribution in [0.25, 0.3) is 0 Å². The molecule has 0 spiro atoms. The summed E-state index contributed by atoms with van der Waals surface area (Å²) in [6, 6.07) is 2.59. The van der Waals surface area contributed by atoms with Gasteiger partial charge in [-0.2, -0.15) is 34.8 Å². The summed E-state index contributed by atoms with van der Waals surface area (Å²) in [5.41, 5.74) is -6.45. The van der Waals surface area contributed by atoms with Crippen molar-refractivity contribution >= 4 is 29.9 Å². The zero-order chi connectivity index (χ0) is 22.8. The van der Waals surface area contributed by atoms with E-state index in [1.165, 1.54) is 0 Å². The Bertz CT molecular complexity index is 881. The van der Waals surface area contributed by atoms with Gasteiger partial charge in [0.15, 0.2) is 0 Å². The van der Waals surface area contributed by atoms with Crippen LogP contribution in [0.4, 0.5) is 26.3 Å². The first-order chi connectivity index (χ1) is 12.9. The van der Waals surface area contributed by atoms with E-state index in [1.807, 2.05) is 0 Å². The third kappa shape index (κ3) is 5.85. The first-order valence-corrected chi connectivity index (χ1v) is 8.88. The molecule has 0 fully saturated rings. The highest BCUT2D eigenvalue weighted by atomic mass is 32.2. The number of benzene rings is 1. The standard InChI is InChI=1S/C14H11BF6O7S/c1-7(22)27-10-4-8(5-15)2-3-9(10)11(23)28-12(13(16,17)18,14(19,20)21)6-29(24,25)26/h2-4H,5-6H2,1H3,(H,24,25,26). The van der Waals surface area contributed by atoms with Crippen LogP contribution < -0.4 is 4.74 Å². The molecule has 0 aliphatic heterocycles. The molecule has 29 heavy (non-hydrogen) atoms. The molecule has 1 rings (SSSR count). The number of hydrogen-bond donors (Lipinski definition) is 1. The summed E-state index contributed by atoms with van der Waals surface area (Å²) in [6.07, 6.45) is -13.2. The minimum atomic E-state index is -6.49. The van der Waals surface area contributed by atoms with Gasteiger partial charge in [-0.25, -0.2) is 4.79 Å². The molecule has 1 aromatic rings. The van der Waals surface area contributed by atoms with Crippen molar-refractivity contribution in [2.45, 2.75) is 31.2 Å². The average Bonchev–Trinajstić information content (AvgIpc) is 2.49. The zero-order valence-electron chi connectivity index (χ0n) is 14.3. The lowest BCUT2D eigenvalue weighted by Gasteiger charge is -2.35. The fourth-order valence-electron chi connectivity index (χ4n) is 2.04. The minimum absolute atomic E-state index is 0.189. The molecule has 0 aromatic heterocycles. The van der Waals surface area contributed by atoms with Gasteiger partial charge in [-0.15, -0.1) is 0 Å². The fourth-order valence-corrected chi connectivity index (χ4v) is 2.94. The average molecular weight is 448 g/mol. The molecule has 0 amide bonds. The first-order valence-electron chi connectivity index (χ1n) is 7.27. The number of hydrogen-bond acceptors (Lipinski definition) is 6. The Kier molecular flexibility index (Phi) is 7.02. The maximum Gasteiger partial charge on any atom is 0.438 e. The van der Waals surface area contributed by atoms with E-state index in [2.05, 4.69) is 9.47 Å². The highest BCUT2D eigenvalue weighted by Gasteiger charge is 2.76. The molecule has 0 aliphatic carbocycles. The second-order valence-electron chi connectivity index (χ2n) is 5.57. The third-order valence-electron chi connectivity index (χ3n) is 3.32. The smallest absolute Gasteiger partial charge is 0.434 e. The maximum atomic E-state index is 13.2. The Morgan fingerprint density at radius 1 is 1.10 bits per heavy atom. The number of halogens is 6. The summed E-state index contributed by atoms with van der Waals surface area (Å²) in [7, 11) is -0.622. The van der Waals surface area contributed by atoms with Crippen LogP contribution in [0.15, 0.2) is 18.2 Å². The molecule has 0 atom stereocenters. The molecule has 15 heteroatoms. The van der Waals surface area contributed by atoms with Crippen LogP contribution in [-0.4, -0.2) is 56.5 Å². The predicted octanol–water partition coefficient (Wildman–Crippen LogP) is 2.19. The lowest BCUT2D eigenvalue weighted by Crippen LogP contribution is -2.63. The Morgan fingerprint density at radius 2 is 1.62 bits per heavy atom. The summed E-state index contributed by atoms with van der Waals surface area (Å²) in [5, 5.41) is 0. The zero-order valence-corrected chi connectivity index (χ0v) is 15.1. The molecule has 0 unspecified atom stereocenters. The summed E-state index contributed by atoms with van der Waals surface area (Å²) in [5.74, 6) is -7.20. The Balaban J connectivity index is 3.59. The highest BCUT2D eigenvalue weighted by Crippen LogP contribution is 2.47. The van der Waals surface area contributed by atoms with E-state index in [0.717, 1.165) is 19.1 Å². The third-order valence-corrected chi connectivity index (χ3v) is 4.10. The Hall–Kier alpha value is -2.29. The number of esters is 2. The van der Waals surface area contributed by atoms with Gasteiger partial charge in [-0.1, -0.05) is 17.9 Å². The van der Waals surface area contributed by atoms with Crippen molar-refractivity contribution in [2.24, 2.45) is 0 Å². The number of rotatable bonds is 6. The molecule has 0 saturated carbocycles. The van der Waals surface area contributed by atoms with Crippen LogP contribution in [0.1, 0.15) is 22.8 Å². The predicted molar refractivity (Wildman–Crippen MR) is 83.9 cm³/mol. The fraction of sp³-hybridized carbons (Fsp3) is 0.429. The minimum Gasteiger partial charge on any atom is -0.434 e. The van der Waals surface area contributed by atoms with E-state index in [9.17, 15) is 44.3 Å². The SMILES string of the molecule is [B]Cc1ccc(C(=O)OC(CS(=O)(=O)O)(C(F)(F)F)C(F)(F)F)c(OC(C)=O)c1. The van der Waals surface area contributed by atoms with Gasteiger partial charge in [0.2, 0.25) is 0 Å². The van der Waals surface area contributed by atoms with E-state index in [1.54, 1.807) is 0 Å². The van der Waals surface area contributed by atoms with Crippen molar-refractivity contribution in [1.82, 2.24) is 0 Å². The Labute approximate surface area is 161 Å². The summed E-state index contributed by atoms with van der Waals surface area (Å²) in [6.45, 7) is 0.832. The summed E-state index contributed by atoms with van der Waals surface area (Å²) >= 11 is 0. The molecule has 1 N–H and O–H groups in total. The van der Waals surface area contributed by atoms with E-state index in [4.69, 9.17) is 12.4 Å². The molecular formula is C14H11BF6O7S. The van der Waals surface area contributed by atoms with Crippen molar-refractivity contribution in [3.8, 4) is 5.75 Å². The van der Waals surface area contributed by atoms with Crippen LogP contribution >= 0.6 is 0 Å². The molecule has 0 bridgehead atoms. The van der Waals surface area contributed by atoms with Gasteiger partial charge in [0.1, 0.15) is 17.1 Å². The lowest BCUT2D eigenvalue weighted by atomic mass is 9.95. The van der Waals surface area contributed by atoms with Gasteiger partial charge < -0.3 is 9.47 Å². The molecular weight excluding hydrogens is 437 g/mol. The number of carbonyl (C=O) groups excluding carboxylic acids is 2. The number of carbonyl (C=O) groups is 2. The van der Waals surface area contributed by atoms with Gasteiger partial charge in [-0.3, -0.25) is 9.35 Å². The van der Waals surface area contributed by atoms with E-state index in [0.29, 0.717) is 6.07 Å². The van der Waals surface area contributed by atoms with Gasteiger partial charge in [0, 0.05) is 6.92 Å². The molecule has 0 heterocycles. The molecule has 2 radical (unpaired) electrons. The molecule has 0 saturated heterocycles. The maximum absolute atomic E-state index is 13.2. The van der Waals surface area contributed by atoms with Crippen molar-refractivity contribution in [1.29, 1.82) is 0 Å². The molecule has 7 nitrogen and oxygen atoms in total. The quantitative estimate of drug-likeness (QED) is 0.234. The molecule has 160 valence electrons. The topological polar surface area (TPSA) is 107 Å². The highest BCUT2D eigenvalue weighted by molar-refractivity contribution is 7.85. The monoisotopic (exact) mass is 448 g/mol. The lowest BCUT2D eigenvalue weighted by molar-refractivity contribution is -0.356. The van der Waals surface area contributed by atoms with Crippen molar-refractivity contribution in [3.05, 3.63) is 29.3 Å². The normalized spacial score (nSPS) is 13.1. The van der Waals surface area contributed by atoms with Crippen molar-refractivity contribution in [3.63, 3.8) is 0 Å². The Morgan fingerprint density at radius 3 is 2.00 bits per heavy atom. The van der Waals surface area contributed by atoms with Crippen LogP contribution in [0.5, 0.6) is 5.75 Å².